The number of sulfonamides is 1. The van der Waals surface area contributed by atoms with Gasteiger partial charge in [0.1, 0.15) is 6.04 Å². The third-order valence-corrected chi connectivity index (χ3v) is 5.32. The van der Waals surface area contributed by atoms with Crippen LogP contribution in [-0.4, -0.2) is 38.4 Å². The van der Waals surface area contributed by atoms with Crippen LogP contribution in [-0.2, 0) is 25.3 Å². The van der Waals surface area contributed by atoms with E-state index in [9.17, 15) is 13.2 Å². The number of benzene rings is 1. The molecule has 0 spiro atoms. The summed E-state index contributed by atoms with van der Waals surface area (Å²) in [5.41, 5.74) is 1.06. The highest BCUT2D eigenvalue weighted by Gasteiger charge is 2.39. The van der Waals surface area contributed by atoms with Crippen molar-refractivity contribution in [3.63, 3.8) is 0 Å². The molecule has 0 amide bonds. The minimum absolute atomic E-state index is 0.188. The van der Waals surface area contributed by atoms with Crippen molar-refractivity contribution in [1.29, 1.82) is 5.26 Å². The molecule has 0 bridgehead atoms. The molecule has 0 saturated carbocycles. The van der Waals surface area contributed by atoms with Crippen molar-refractivity contribution in [2.75, 3.05) is 13.7 Å². The minimum atomic E-state index is -3.59. The Morgan fingerprint density at radius 2 is 2.10 bits per heavy atom. The van der Waals surface area contributed by atoms with Gasteiger partial charge in [0.05, 0.1) is 24.5 Å². The number of methoxy groups -OCH3 is 1. The van der Waals surface area contributed by atoms with Crippen LogP contribution in [0.2, 0.25) is 0 Å². The SMILES string of the molecule is COC(=O)C1CCCN1S(=O)(=O)Cc1ccc(C#N)cc1. The van der Waals surface area contributed by atoms with Crippen LogP contribution >= 0.6 is 0 Å². The van der Waals surface area contributed by atoms with E-state index in [1.165, 1.54) is 11.4 Å². The molecule has 0 radical (unpaired) electrons. The van der Waals surface area contributed by atoms with Crippen molar-refractivity contribution in [2.45, 2.75) is 24.6 Å². The second kappa shape index (κ2) is 6.24. The highest BCUT2D eigenvalue weighted by Crippen LogP contribution is 2.24. The van der Waals surface area contributed by atoms with E-state index < -0.39 is 22.0 Å². The maximum absolute atomic E-state index is 12.4. The molecule has 1 aromatic carbocycles. The monoisotopic (exact) mass is 308 g/mol. The molecule has 1 atom stereocenters. The Labute approximate surface area is 124 Å². The van der Waals surface area contributed by atoms with Gasteiger partial charge in [-0.25, -0.2) is 8.42 Å². The van der Waals surface area contributed by atoms with Crippen molar-refractivity contribution in [3.05, 3.63) is 35.4 Å². The summed E-state index contributed by atoms with van der Waals surface area (Å²) >= 11 is 0. The van der Waals surface area contributed by atoms with Crippen LogP contribution in [0.5, 0.6) is 0 Å². The minimum Gasteiger partial charge on any atom is -0.468 e. The summed E-state index contributed by atoms with van der Waals surface area (Å²) in [6.45, 7) is 0.332. The van der Waals surface area contributed by atoms with Crippen molar-refractivity contribution >= 4 is 16.0 Å². The number of nitriles is 1. The van der Waals surface area contributed by atoms with Crippen molar-refractivity contribution in [2.24, 2.45) is 0 Å². The van der Waals surface area contributed by atoms with E-state index in [1.807, 2.05) is 6.07 Å². The molecule has 1 unspecified atom stereocenters. The van der Waals surface area contributed by atoms with E-state index in [2.05, 4.69) is 4.74 Å². The summed E-state index contributed by atoms with van der Waals surface area (Å²) in [6.07, 6.45) is 1.13. The van der Waals surface area contributed by atoms with Crippen LogP contribution in [0.3, 0.4) is 0 Å². The third kappa shape index (κ3) is 3.40. The Balaban J connectivity index is 2.17. The summed E-state index contributed by atoms with van der Waals surface area (Å²) in [6, 6.07) is 7.63. The van der Waals surface area contributed by atoms with Gasteiger partial charge in [-0.3, -0.25) is 4.79 Å². The van der Waals surface area contributed by atoms with E-state index in [-0.39, 0.29) is 5.75 Å². The van der Waals surface area contributed by atoms with E-state index in [1.54, 1.807) is 24.3 Å². The Morgan fingerprint density at radius 1 is 1.43 bits per heavy atom. The van der Waals surface area contributed by atoms with Gasteiger partial charge in [-0.1, -0.05) is 12.1 Å². The predicted octanol–water partition coefficient (Wildman–Crippen LogP) is 1.03. The summed E-state index contributed by atoms with van der Waals surface area (Å²) in [5, 5.41) is 8.73. The molecule has 0 N–H and O–H groups in total. The van der Waals surface area contributed by atoms with Crippen LogP contribution in [0.1, 0.15) is 24.0 Å². The highest BCUT2D eigenvalue weighted by atomic mass is 32.2. The number of hydrogen-bond acceptors (Lipinski definition) is 5. The predicted molar refractivity (Wildman–Crippen MR) is 75.5 cm³/mol. The Morgan fingerprint density at radius 3 is 2.67 bits per heavy atom. The molecule has 1 saturated heterocycles. The Kier molecular flexibility index (Phi) is 4.60. The van der Waals surface area contributed by atoms with Crippen LogP contribution in [0.15, 0.2) is 24.3 Å². The first-order valence-corrected chi connectivity index (χ1v) is 8.15. The molecule has 21 heavy (non-hydrogen) atoms. The quantitative estimate of drug-likeness (QED) is 0.775. The topological polar surface area (TPSA) is 87.5 Å². The molecule has 112 valence electrons. The van der Waals surface area contributed by atoms with Crippen molar-refractivity contribution < 1.29 is 17.9 Å². The summed E-state index contributed by atoms with van der Waals surface area (Å²) in [4.78, 5) is 11.6. The first-order valence-electron chi connectivity index (χ1n) is 6.54. The Hall–Kier alpha value is -1.91. The van der Waals surface area contributed by atoms with Gasteiger partial charge in [-0.15, -0.1) is 0 Å². The number of carbonyl (C=O) groups is 1. The van der Waals surface area contributed by atoms with Crippen molar-refractivity contribution in [1.82, 2.24) is 4.31 Å². The van der Waals surface area contributed by atoms with Gasteiger partial charge in [0.25, 0.3) is 0 Å². The van der Waals surface area contributed by atoms with Gasteiger partial charge in [0.15, 0.2) is 0 Å². The average molecular weight is 308 g/mol. The van der Waals surface area contributed by atoms with Crippen molar-refractivity contribution in [3.8, 4) is 6.07 Å². The first-order chi connectivity index (χ1) is 9.97. The van der Waals surface area contributed by atoms with Crippen LogP contribution in [0, 0.1) is 11.3 Å². The van der Waals surface area contributed by atoms with Crippen LogP contribution in [0.25, 0.3) is 0 Å². The lowest BCUT2D eigenvalue weighted by molar-refractivity contribution is -0.144. The fraction of sp³-hybridized carbons (Fsp3) is 0.429. The molecule has 6 nitrogen and oxygen atoms in total. The number of hydrogen-bond donors (Lipinski definition) is 0. The highest BCUT2D eigenvalue weighted by molar-refractivity contribution is 7.88. The zero-order chi connectivity index (χ0) is 15.5. The van der Waals surface area contributed by atoms with Gasteiger partial charge in [0.2, 0.25) is 10.0 Å². The molecule has 0 aliphatic carbocycles. The lowest BCUT2D eigenvalue weighted by atomic mass is 10.2. The number of rotatable bonds is 4. The fourth-order valence-electron chi connectivity index (χ4n) is 2.41. The number of esters is 1. The van der Waals surface area contributed by atoms with Gasteiger partial charge < -0.3 is 4.74 Å². The summed E-state index contributed by atoms with van der Waals surface area (Å²) in [5.74, 6) is -0.706. The largest absolute Gasteiger partial charge is 0.468 e. The Bertz CT molecular complexity index is 661. The molecule has 7 heteroatoms. The molecular formula is C14H16N2O4S. The number of ether oxygens (including phenoxy) is 1. The fourth-order valence-corrected chi connectivity index (χ4v) is 4.18. The summed E-state index contributed by atoms with van der Waals surface area (Å²) < 4.78 is 30.8. The molecule has 2 rings (SSSR count). The molecule has 1 fully saturated rings. The first kappa shape index (κ1) is 15.5. The molecule has 1 aromatic rings. The van der Waals surface area contributed by atoms with Gasteiger partial charge in [-0.05, 0) is 30.5 Å². The van der Waals surface area contributed by atoms with Crippen LogP contribution in [0.4, 0.5) is 0 Å². The third-order valence-electron chi connectivity index (χ3n) is 3.47. The molecule has 1 aliphatic rings. The van der Waals surface area contributed by atoms with E-state index in [0.29, 0.717) is 30.5 Å². The second-order valence-electron chi connectivity index (χ2n) is 4.86. The second-order valence-corrected chi connectivity index (χ2v) is 6.78. The molecule has 1 heterocycles. The van der Waals surface area contributed by atoms with Gasteiger partial charge in [-0.2, -0.15) is 9.57 Å². The van der Waals surface area contributed by atoms with Gasteiger partial charge >= 0.3 is 5.97 Å². The maximum Gasteiger partial charge on any atom is 0.324 e. The average Bonchev–Trinajstić information content (AvgIpc) is 2.97. The zero-order valence-corrected chi connectivity index (χ0v) is 12.5. The zero-order valence-electron chi connectivity index (χ0n) is 11.7. The lowest BCUT2D eigenvalue weighted by Crippen LogP contribution is -2.41. The maximum atomic E-state index is 12.4. The standard InChI is InChI=1S/C14H16N2O4S/c1-20-14(17)13-3-2-8-16(13)21(18,19)10-12-6-4-11(9-15)5-7-12/h4-7,13H,2-3,8,10H2,1H3. The molecule has 1 aliphatic heterocycles. The lowest BCUT2D eigenvalue weighted by Gasteiger charge is -2.22. The van der Waals surface area contributed by atoms with E-state index >= 15 is 0 Å². The number of carbonyl (C=O) groups excluding carboxylic acids is 1. The normalized spacial score (nSPS) is 19.1. The molecule has 0 aromatic heterocycles. The smallest absolute Gasteiger partial charge is 0.324 e. The van der Waals surface area contributed by atoms with Gasteiger partial charge in [0, 0.05) is 6.54 Å². The van der Waals surface area contributed by atoms with E-state index in [0.717, 1.165) is 0 Å². The summed E-state index contributed by atoms with van der Waals surface area (Å²) in [7, 11) is -2.33. The number of nitrogens with zero attached hydrogens (tertiary/aromatic N) is 2. The van der Waals surface area contributed by atoms with Crippen LogP contribution < -0.4 is 0 Å². The van der Waals surface area contributed by atoms with E-state index in [4.69, 9.17) is 5.26 Å². The molecular weight excluding hydrogens is 292 g/mol.